The predicted molar refractivity (Wildman–Crippen MR) is 111 cm³/mol. The number of amides is 1. The third-order valence-corrected chi connectivity index (χ3v) is 6.39. The Kier molecular flexibility index (Phi) is 4.91. The van der Waals surface area contributed by atoms with E-state index in [2.05, 4.69) is 0 Å². The number of carbonyl (C=O) groups is 2. The van der Waals surface area contributed by atoms with Crippen LogP contribution in [0, 0.1) is 13.8 Å². The van der Waals surface area contributed by atoms with Gasteiger partial charge in [-0.25, -0.2) is 0 Å². The van der Waals surface area contributed by atoms with Gasteiger partial charge in [0.25, 0.3) is 0 Å². The predicted octanol–water partition coefficient (Wildman–Crippen LogP) is 4.24. The molecule has 0 aliphatic carbocycles. The van der Waals surface area contributed by atoms with Crippen LogP contribution in [0.4, 0.5) is 0 Å². The summed E-state index contributed by atoms with van der Waals surface area (Å²) in [6.07, 6.45) is 2.77. The maximum atomic E-state index is 12.9. The molecule has 5 nitrogen and oxygen atoms in total. The number of likely N-dealkylation sites (tertiary alicyclic amines) is 1. The molecule has 1 aliphatic heterocycles. The standard InChI is InChI=1S/C24H25NO4/c1-16-8-9-20-18(15-29-22(20)17(16)2)14-21(26)25-12-10-24(11-13-25,23(27)28)19-6-4-3-5-7-19/h3-9,15H,10-14H2,1-2H3,(H,27,28). The highest BCUT2D eigenvalue weighted by atomic mass is 16.4. The van der Waals surface area contributed by atoms with Crippen LogP contribution >= 0.6 is 0 Å². The number of benzene rings is 2. The van der Waals surface area contributed by atoms with Gasteiger partial charge in [0.2, 0.25) is 5.91 Å². The molecule has 4 rings (SSSR count). The second kappa shape index (κ2) is 7.39. The van der Waals surface area contributed by atoms with E-state index in [0.717, 1.165) is 33.2 Å². The van der Waals surface area contributed by atoms with Crippen molar-refractivity contribution in [1.82, 2.24) is 4.90 Å². The van der Waals surface area contributed by atoms with Crippen molar-refractivity contribution >= 4 is 22.8 Å². The van der Waals surface area contributed by atoms with Gasteiger partial charge in [-0.15, -0.1) is 0 Å². The number of carboxylic acids is 1. The van der Waals surface area contributed by atoms with Crippen LogP contribution in [0.25, 0.3) is 11.0 Å². The first-order valence-corrected chi connectivity index (χ1v) is 9.95. The van der Waals surface area contributed by atoms with E-state index in [1.165, 1.54) is 0 Å². The molecule has 1 saturated heterocycles. The third-order valence-electron chi connectivity index (χ3n) is 6.39. The molecule has 0 unspecified atom stereocenters. The molecule has 0 spiro atoms. The molecule has 0 atom stereocenters. The number of hydrogen-bond acceptors (Lipinski definition) is 3. The number of carbonyl (C=O) groups excluding carboxylic acids is 1. The summed E-state index contributed by atoms with van der Waals surface area (Å²) in [5.74, 6) is -0.805. The topological polar surface area (TPSA) is 70.8 Å². The van der Waals surface area contributed by atoms with Crippen LogP contribution in [-0.2, 0) is 21.4 Å². The molecular formula is C24H25NO4. The smallest absolute Gasteiger partial charge is 0.314 e. The minimum Gasteiger partial charge on any atom is -0.481 e. The third kappa shape index (κ3) is 3.31. The Hall–Kier alpha value is -3.08. The van der Waals surface area contributed by atoms with Gasteiger partial charge in [-0.05, 0) is 43.4 Å². The van der Waals surface area contributed by atoms with E-state index in [1.807, 2.05) is 56.3 Å². The summed E-state index contributed by atoms with van der Waals surface area (Å²) in [6.45, 7) is 4.94. The van der Waals surface area contributed by atoms with Gasteiger partial charge in [-0.2, -0.15) is 0 Å². The highest BCUT2D eigenvalue weighted by Crippen LogP contribution is 2.36. The van der Waals surface area contributed by atoms with Gasteiger partial charge in [0.05, 0.1) is 18.1 Å². The molecule has 150 valence electrons. The summed E-state index contributed by atoms with van der Waals surface area (Å²) in [7, 11) is 0. The normalized spacial score (nSPS) is 16.1. The van der Waals surface area contributed by atoms with Crippen molar-refractivity contribution in [3.8, 4) is 0 Å². The number of carboxylic acid groups (broad SMARTS) is 1. The van der Waals surface area contributed by atoms with Gasteiger partial charge in [-0.3, -0.25) is 9.59 Å². The Morgan fingerprint density at radius 2 is 1.76 bits per heavy atom. The van der Waals surface area contributed by atoms with Gasteiger partial charge in [0.15, 0.2) is 0 Å². The highest BCUT2D eigenvalue weighted by molar-refractivity contribution is 5.90. The van der Waals surface area contributed by atoms with Crippen molar-refractivity contribution in [3.05, 3.63) is 71.0 Å². The monoisotopic (exact) mass is 391 g/mol. The molecule has 0 bridgehead atoms. The minimum absolute atomic E-state index is 0.0120. The van der Waals surface area contributed by atoms with Crippen molar-refractivity contribution in [2.45, 2.75) is 38.5 Å². The Labute approximate surface area is 169 Å². The maximum absolute atomic E-state index is 12.9. The largest absolute Gasteiger partial charge is 0.481 e. The van der Waals surface area contributed by atoms with Crippen molar-refractivity contribution in [2.75, 3.05) is 13.1 Å². The zero-order valence-corrected chi connectivity index (χ0v) is 16.8. The Bertz CT molecular complexity index is 1060. The van der Waals surface area contributed by atoms with E-state index >= 15 is 0 Å². The number of rotatable bonds is 4. The van der Waals surface area contributed by atoms with Crippen LogP contribution in [-0.4, -0.2) is 35.0 Å². The molecule has 2 heterocycles. The van der Waals surface area contributed by atoms with Crippen molar-refractivity contribution < 1.29 is 19.1 Å². The van der Waals surface area contributed by atoms with Gasteiger partial charge < -0.3 is 14.4 Å². The number of furan rings is 1. The van der Waals surface area contributed by atoms with Crippen molar-refractivity contribution in [2.24, 2.45) is 0 Å². The molecule has 29 heavy (non-hydrogen) atoms. The van der Waals surface area contributed by atoms with Crippen LogP contribution in [0.2, 0.25) is 0 Å². The Morgan fingerprint density at radius 3 is 2.41 bits per heavy atom. The fourth-order valence-corrected chi connectivity index (χ4v) is 4.32. The summed E-state index contributed by atoms with van der Waals surface area (Å²) >= 11 is 0. The van der Waals surface area contributed by atoms with Crippen LogP contribution in [0.1, 0.15) is 35.1 Å². The minimum atomic E-state index is -0.922. The van der Waals surface area contributed by atoms with E-state index in [9.17, 15) is 14.7 Å². The average Bonchev–Trinajstić information content (AvgIpc) is 3.14. The van der Waals surface area contributed by atoms with Crippen LogP contribution in [0.3, 0.4) is 0 Å². The van der Waals surface area contributed by atoms with Gasteiger partial charge in [0, 0.05) is 24.0 Å². The van der Waals surface area contributed by atoms with Crippen LogP contribution in [0.5, 0.6) is 0 Å². The lowest BCUT2D eigenvalue weighted by molar-refractivity contribution is -0.148. The molecule has 0 saturated carbocycles. The number of nitrogens with zero attached hydrogens (tertiary/aromatic N) is 1. The highest BCUT2D eigenvalue weighted by Gasteiger charge is 2.43. The lowest BCUT2D eigenvalue weighted by Crippen LogP contribution is -2.49. The lowest BCUT2D eigenvalue weighted by atomic mass is 9.73. The molecular weight excluding hydrogens is 366 g/mol. The van der Waals surface area contributed by atoms with E-state index in [1.54, 1.807) is 11.2 Å². The first kappa shape index (κ1) is 19.2. The molecule has 5 heteroatoms. The molecule has 2 aromatic carbocycles. The SMILES string of the molecule is Cc1ccc2c(CC(=O)N3CCC(C(=O)O)(c4ccccc4)CC3)coc2c1C. The second-order valence-electron chi connectivity index (χ2n) is 7.96. The number of aliphatic carboxylic acids is 1. The molecule has 0 radical (unpaired) electrons. The fourth-order valence-electron chi connectivity index (χ4n) is 4.32. The number of aryl methyl sites for hydroxylation is 2. The molecule has 1 aromatic heterocycles. The number of fused-ring (bicyclic) bond motifs is 1. The van der Waals surface area contributed by atoms with Gasteiger partial charge in [0.1, 0.15) is 5.58 Å². The zero-order valence-electron chi connectivity index (χ0n) is 16.8. The van der Waals surface area contributed by atoms with Gasteiger partial charge in [-0.1, -0.05) is 42.5 Å². The summed E-state index contributed by atoms with van der Waals surface area (Å²) in [4.78, 5) is 26.8. The van der Waals surface area contributed by atoms with E-state index in [4.69, 9.17) is 4.42 Å². The molecule has 1 fully saturated rings. The van der Waals surface area contributed by atoms with Crippen molar-refractivity contribution in [1.29, 1.82) is 0 Å². The molecule has 3 aromatic rings. The number of piperidine rings is 1. The first-order chi connectivity index (χ1) is 13.9. The van der Waals surface area contributed by atoms with E-state index in [0.29, 0.717) is 25.9 Å². The summed E-state index contributed by atoms with van der Waals surface area (Å²) in [5.41, 5.74) is 3.85. The van der Waals surface area contributed by atoms with Gasteiger partial charge >= 0.3 is 5.97 Å². The fraction of sp³-hybridized carbons (Fsp3) is 0.333. The summed E-state index contributed by atoms with van der Waals surface area (Å²) in [6, 6.07) is 13.4. The number of hydrogen-bond donors (Lipinski definition) is 1. The first-order valence-electron chi connectivity index (χ1n) is 9.95. The van der Waals surface area contributed by atoms with Crippen LogP contribution in [0.15, 0.2) is 53.1 Å². The van der Waals surface area contributed by atoms with E-state index in [-0.39, 0.29) is 12.3 Å². The Morgan fingerprint density at radius 1 is 1.07 bits per heavy atom. The quantitative estimate of drug-likeness (QED) is 0.722. The molecule has 1 N–H and O–H groups in total. The molecule has 1 amide bonds. The summed E-state index contributed by atoms with van der Waals surface area (Å²) < 4.78 is 5.72. The average molecular weight is 391 g/mol. The molecule has 1 aliphatic rings. The Balaban J connectivity index is 1.50. The van der Waals surface area contributed by atoms with Crippen molar-refractivity contribution in [3.63, 3.8) is 0 Å². The lowest BCUT2D eigenvalue weighted by Gasteiger charge is -2.39. The zero-order chi connectivity index (χ0) is 20.6. The second-order valence-corrected chi connectivity index (χ2v) is 7.96. The maximum Gasteiger partial charge on any atom is 0.314 e. The summed E-state index contributed by atoms with van der Waals surface area (Å²) in [5, 5.41) is 10.9. The van der Waals surface area contributed by atoms with Crippen LogP contribution < -0.4 is 0 Å². The van der Waals surface area contributed by atoms with E-state index < -0.39 is 11.4 Å².